The van der Waals surface area contributed by atoms with Crippen molar-refractivity contribution in [3.63, 3.8) is 0 Å². The Kier molecular flexibility index (Phi) is 4.30. The molecule has 1 aromatic heterocycles. The molecule has 1 atom stereocenters. The first kappa shape index (κ1) is 15.6. The summed E-state index contributed by atoms with van der Waals surface area (Å²) in [6.07, 6.45) is 0.237. The number of nitrogens with two attached hydrogens (primary N) is 1. The molecule has 0 aliphatic carbocycles. The zero-order valence-electron chi connectivity index (χ0n) is 11.7. The van der Waals surface area contributed by atoms with E-state index >= 15 is 0 Å². The number of primary amides is 1. The Hall–Kier alpha value is -0.820. The SMILES string of the molecule is CC(Cl)c1nc2cc(I)ccc2n1C(C)(C)CC(N)=O. The topological polar surface area (TPSA) is 60.9 Å². The summed E-state index contributed by atoms with van der Waals surface area (Å²) >= 11 is 8.51. The highest BCUT2D eigenvalue weighted by Gasteiger charge is 2.29. The highest BCUT2D eigenvalue weighted by Crippen LogP contribution is 2.33. The summed E-state index contributed by atoms with van der Waals surface area (Å²) in [7, 11) is 0. The number of rotatable bonds is 4. The van der Waals surface area contributed by atoms with Gasteiger partial charge in [0.1, 0.15) is 5.82 Å². The first-order valence-corrected chi connectivity index (χ1v) is 7.84. The average molecular weight is 406 g/mol. The van der Waals surface area contributed by atoms with E-state index in [9.17, 15) is 4.79 Å². The van der Waals surface area contributed by atoms with Gasteiger partial charge in [-0.05, 0) is 61.6 Å². The molecule has 2 rings (SSSR count). The minimum absolute atomic E-state index is 0.237. The van der Waals surface area contributed by atoms with Gasteiger partial charge in [-0.15, -0.1) is 11.6 Å². The third-order valence-electron chi connectivity index (χ3n) is 3.21. The number of alkyl halides is 1. The molecule has 0 aliphatic heterocycles. The fraction of sp³-hybridized carbons (Fsp3) is 0.429. The molecular weight excluding hydrogens is 389 g/mol. The fourth-order valence-corrected chi connectivity index (χ4v) is 3.10. The molecule has 6 heteroatoms. The van der Waals surface area contributed by atoms with Gasteiger partial charge in [0, 0.05) is 15.5 Å². The Bertz CT molecular complexity index is 664. The van der Waals surface area contributed by atoms with Gasteiger partial charge >= 0.3 is 0 Å². The molecule has 0 saturated carbocycles. The van der Waals surface area contributed by atoms with Crippen LogP contribution < -0.4 is 5.73 Å². The number of aromatic nitrogens is 2. The lowest BCUT2D eigenvalue weighted by atomic mass is 9.99. The Balaban J connectivity index is 2.71. The van der Waals surface area contributed by atoms with Crippen molar-refractivity contribution in [2.24, 2.45) is 5.73 Å². The van der Waals surface area contributed by atoms with Crippen LogP contribution in [0.15, 0.2) is 18.2 Å². The van der Waals surface area contributed by atoms with Gasteiger partial charge in [-0.25, -0.2) is 4.98 Å². The van der Waals surface area contributed by atoms with Crippen molar-refractivity contribution < 1.29 is 4.79 Å². The normalized spacial score (nSPS) is 13.7. The Labute approximate surface area is 136 Å². The zero-order valence-corrected chi connectivity index (χ0v) is 14.6. The predicted molar refractivity (Wildman–Crippen MR) is 89.9 cm³/mol. The Morgan fingerprint density at radius 1 is 1.55 bits per heavy atom. The number of hydrogen-bond acceptors (Lipinski definition) is 2. The van der Waals surface area contributed by atoms with E-state index in [1.54, 1.807) is 0 Å². The van der Waals surface area contributed by atoms with E-state index in [0.29, 0.717) is 0 Å². The third-order valence-corrected chi connectivity index (χ3v) is 4.08. The van der Waals surface area contributed by atoms with Crippen LogP contribution in [0.2, 0.25) is 0 Å². The minimum Gasteiger partial charge on any atom is -0.370 e. The van der Waals surface area contributed by atoms with Crippen molar-refractivity contribution >= 4 is 51.1 Å². The number of benzene rings is 1. The van der Waals surface area contributed by atoms with Crippen LogP contribution in [0.4, 0.5) is 0 Å². The van der Waals surface area contributed by atoms with Crippen LogP contribution in [-0.4, -0.2) is 15.5 Å². The molecule has 1 unspecified atom stereocenters. The second-order valence-electron chi connectivity index (χ2n) is 5.51. The summed E-state index contributed by atoms with van der Waals surface area (Å²) in [4.78, 5) is 16.0. The lowest BCUT2D eigenvalue weighted by molar-refractivity contribution is -0.119. The molecule has 1 heterocycles. The monoisotopic (exact) mass is 405 g/mol. The Morgan fingerprint density at radius 3 is 2.75 bits per heavy atom. The summed E-state index contributed by atoms with van der Waals surface area (Å²) in [5.74, 6) is 0.422. The number of halogens is 2. The molecule has 1 aromatic carbocycles. The number of hydrogen-bond donors (Lipinski definition) is 1. The largest absolute Gasteiger partial charge is 0.370 e. The molecule has 0 saturated heterocycles. The van der Waals surface area contributed by atoms with E-state index in [0.717, 1.165) is 20.4 Å². The quantitative estimate of drug-likeness (QED) is 0.624. The number of nitrogens with zero attached hydrogens (tertiary/aromatic N) is 2. The van der Waals surface area contributed by atoms with Crippen molar-refractivity contribution in [1.29, 1.82) is 0 Å². The van der Waals surface area contributed by atoms with Crippen LogP contribution in [0.1, 0.15) is 38.4 Å². The zero-order chi connectivity index (χ0) is 15.1. The fourth-order valence-electron chi connectivity index (χ4n) is 2.48. The van der Waals surface area contributed by atoms with Crippen LogP contribution in [-0.2, 0) is 10.3 Å². The van der Waals surface area contributed by atoms with Gasteiger partial charge < -0.3 is 10.3 Å². The van der Waals surface area contributed by atoms with Crippen molar-refractivity contribution in [2.75, 3.05) is 0 Å². The van der Waals surface area contributed by atoms with Gasteiger partial charge in [-0.3, -0.25) is 4.79 Å². The molecule has 0 fully saturated rings. The van der Waals surface area contributed by atoms with E-state index in [4.69, 9.17) is 17.3 Å². The lowest BCUT2D eigenvalue weighted by Crippen LogP contribution is -2.33. The molecule has 108 valence electrons. The van der Waals surface area contributed by atoms with E-state index in [1.165, 1.54) is 0 Å². The highest BCUT2D eigenvalue weighted by molar-refractivity contribution is 14.1. The van der Waals surface area contributed by atoms with E-state index < -0.39 is 5.54 Å². The third kappa shape index (κ3) is 2.93. The van der Waals surface area contributed by atoms with E-state index in [2.05, 4.69) is 27.6 Å². The summed E-state index contributed by atoms with van der Waals surface area (Å²) < 4.78 is 3.14. The van der Waals surface area contributed by atoms with E-state index in [1.807, 2.05) is 43.5 Å². The van der Waals surface area contributed by atoms with Crippen LogP contribution in [0.3, 0.4) is 0 Å². The molecule has 2 aromatic rings. The maximum atomic E-state index is 11.3. The van der Waals surface area contributed by atoms with Crippen molar-refractivity contribution in [1.82, 2.24) is 9.55 Å². The van der Waals surface area contributed by atoms with Crippen molar-refractivity contribution in [3.8, 4) is 0 Å². The average Bonchev–Trinajstić information content (AvgIpc) is 2.66. The van der Waals surface area contributed by atoms with Gasteiger partial charge in [-0.2, -0.15) is 0 Å². The van der Waals surface area contributed by atoms with Crippen LogP contribution in [0.25, 0.3) is 11.0 Å². The molecule has 0 spiro atoms. The second-order valence-corrected chi connectivity index (χ2v) is 7.41. The summed E-state index contributed by atoms with van der Waals surface area (Å²) in [5.41, 5.74) is 6.76. The molecule has 20 heavy (non-hydrogen) atoms. The number of carbonyl (C=O) groups is 1. The number of amides is 1. The summed E-state index contributed by atoms with van der Waals surface area (Å²) in [5, 5.41) is -0.243. The minimum atomic E-state index is -0.466. The predicted octanol–water partition coefficient (Wildman–Crippen LogP) is 3.55. The molecule has 0 bridgehead atoms. The van der Waals surface area contributed by atoms with Crippen LogP contribution in [0.5, 0.6) is 0 Å². The molecular formula is C14H17ClIN3O. The molecule has 4 nitrogen and oxygen atoms in total. The van der Waals surface area contributed by atoms with Gasteiger partial charge in [0.25, 0.3) is 0 Å². The van der Waals surface area contributed by atoms with E-state index in [-0.39, 0.29) is 17.7 Å². The lowest BCUT2D eigenvalue weighted by Gasteiger charge is -2.29. The molecule has 0 aliphatic rings. The van der Waals surface area contributed by atoms with Gasteiger partial charge in [0.05, 0.1) is 16.4 Å². The van der Waals surface area contributed by atoms with Gasteiger partial charge in [0.2, 0.25) is 5.91 Å². The number of fused-ring (bicyclic) bond motifs is 1. The molecule has 0 radical (unpaired) electrons. The number of imidazole rings is 1. The van der Waals surface area contributed by atoms with Crippen LogP contribution >= 0.6 is 34.2 Å². The van der Waals surface area contributed by atoms with Crippen molar-refractivity contribution in [2.45, 2.75) is 38.1 Å². The van der Waals surface area contributed by atoms with Crippen molar-refractivity contribution in [3.05, 3.63) is 27.6 Å². The standard InChI is InChI=1S/C14H17ClIN3O/c1-8(15)13-18-10-6-9(16)4-5-11(10)19(13)14(2,3)7-12(17)20/h4-6,8H,7H2,1-3H3,(H2,17,20). The van der Waals surface area contributed by atoms with Gasteiger partial charge in [0.15, 0.2) is 0 Å². The molecule has 2 N–H and O–H groups in total. The molecule has 1 amide bonds. The smallest absolute Gasteiger partial charge is 0.219 e. The second kappa shape index (κ2) is 5.52. The van der Waals surface area contributed by atoms with Crippen LogP contribution in [0, 0.1) is 3.57 Å². The number of carbonyl (C=O) groups excluding carboxylic acids is 1. The summed E-state index contributed by atoms with van der Waals surface area (Å²) in [6.45, 7) is 5.82. The highest BCUT2D eigenvalue weighted by atomic mass is 127. The Morgan fingerprint density at radius 2 is 2.20 bits per heavy atom. The maximum Gasteiger partial charge on any atom is 0.219 e. The first-order valence-electron chi connectivity index (χ1n) is 6.33. The maximum absolute atomic E-state index is 11.3. The van der Waals surface area contributed by atoms with Gasteiger partial charge in [-0.1, -0.05) is 0 Å². The first-order chi connectivity index (χ1) is 9.22. The summed E-state index contributed by atoms with van der Waals surface area (Å²) in [6, 6.07) is 6.04.